The van der Waals surface area contributed by atoms with Crippen molar-refractivity contribution in [3.05, 3.63) is 30.1 Å². The molecule has 98 valence electrons. The number of hydrogen-bond acceptors (Lipinski definition) is 3. The highest BCUT2D eigenvalue weighted by Gasteiger charge is 2.33. The molecule has 1 heterocycles. The minimum absolute atomic E-state index is 0.00854. The van der Waals surface area contributed by atoms with Crippen molar-refractivity contribution in [1.29, 1.82) is 0 Å². The quantitative estimate of drug-likeness (QED) is 0.833. The van der Waals surface area contributed by atoms with E-state index in [1.165, 1.54) is 6.20 Å². The first-order chi connectivity index (χ1) is 8.35. The van der Waals surface area contributed by atoms with Crippen molar-refractivity contribution in [1.82, 2.24) is 10.3 Å². The Morgan fingerprint density at radius 1 is 1.50 bits per heavy atom. The molecule has 0 bridgehead atoms. The fourth-order valence-electron chi connectivity index (χ4n) is 1.54. The van der Waals surface area contributed by atoms with Crippen LogP contribution in [0.5, 0.6) is 0 Å². The third-order valence-electron chi connectivity index (χ3n) is 3.12. The molecule has 0 aliphatic carbocycles. The number of carboxylic acids is 1. The van der Waals surface area contributed by atoms with Crippen molar-refractivity contribution < 1.29 is 14.7 Å². The Morgan fingerprint density at radius 3 is 2.61 bits per heavy atom. The Bertz CT molecular complexity index is 431. The zero-order valence-electron chi connectivity index (χ0n) is 10.8. The van der Waals surface area contributed by atoms with Crippen LogP contribution in [0.3, 0.4) is 0 Å². The normalized spacial score (nSPS) is 14.0. The molecule has 1 rings (SSSR count). The standard InChI is InChI=1S/C13H18N2O3/c1-9(2)13(3,7-11(16)17)15-12(18)10-5-4-6-14-8-10/h4-6,8-9H,7H2,1-3H3,(H,15,18)(H,16,17). The molecule has 5 nitrogen and oxygen atoms in total. The van der Waals surface area contributed by atoms with E-state index in [1.807, 2.05) is 13.8 Å². The van der Waals surface area contributed by atoms with Crippen LogP contribution in [0.4, 0.5) is 0 Å². The first kappa shape index (κ1) is 14.2. The summed E-state index contributed by atoms with van der Waals surface area (Å²) in [4.78, 5) is 26.7. The molecule has 0 saturated carbocycles. The second kappa shape index (κ2) is 5.62. The van der Waals surface area contributed by atoms with Crippen LogP contribution in [-0.2, 0) is 4.79 Å². The summed E-state index contributed by atoms with van der Waals surface area (Å²) in [6, 6.07) is 3.31. The van der Waals surface area contributed by atoms with E-state index in [0.717, 1.165) is 0 Å². The summed E-state index contributed by atoms with van der Waals surface area (Å²) in [5.41, 5.74) is -0.353. The summed E-state index contributed by atoms with van der Waals surface area (Å²) in [5, 5.41) is 11.7. The number of aromatic nitrogens is 1. The maximum absolute atomic E-state index is 12.0. The van der Waals surface area contributed by atoms with Crippen LogP contribution in [0.1, 0.15) is 37.6 Å². The Balaban J connectivity index is 2.85. The first-order valence-corrected chi connectivity index (χ1v) is 5.79. The van der Waals surface area contributed by atoms with Crippen molar-refractivity contribution in [3.8, 4) is 0 Å². The highest BCUT2D eigenvalue weighted by atomic mass is 16.4. The van der Waals surface area contributed by atoms with E-state index in [9.17, 15) is 9.59 Å². The van der Waals surface area contributed by atoms with E-state index in [1.54, 1.807) is 25.3 Å². The topological polar surface area (TPSA) is 79.3 Å². The molecular formula is C13H18N2O3. The van der Waals surface area contributed by atoms with Gasteiger partial charge in [-0.3, -0.25) is 14.6 Å². The molecule has 0 aliphatic heterocycles. The molecule has 0 fully saturated rings. The van der Waals surface area contributed by atoms with Gasteiger partial charge in [-0.05, 0) is 25.0 Å². The summed E-state index contributed by atoms with van der Waals surface area (Å²) in [5.74, 6) is -1.23. The fraction of sp³-hybridized carbons (Fsp3) is 0.462. The van der Waals surface area contributed by atoms with Gasteiger partial charge in [0.2, 0.25) is 0 Å². The van der Waals surface area contributed by atoms with Gasteiger partial charge in [-0.2, -0.15) is 0 Å². The van der Waals surface area contributed by atoms with E-state index >= 15 is 0 Å². The molecule has 0 aromatic carbocycles. The smallest absolute Gasteiger partial charge is 0.305 e. The number of hydrogen-bond donors (Lipinski definition) is 2. The lowest BCUT2D eigenvalue weighted by Crippen LogP contribution is -2.51. The fourth-order valence-corrected chi connectivity index (χ4v) is 1.54. The number of nitrogens with zero attached hydrogens (tertiary/aromatic N) is 1. The van der Waals surface area contributed by atoms with Gasteiger partial charge in [0.15, 0.2) is 0 Å². The van der Waals surface area contributed by atoms with E-state index in [2.05, 4.69) is 10.3 Å². The van der Waals surface area contributed by atoms with Crippen molar-refractivity contribution in [2.45, 2.75) is 32.7 Å². The van der Waals surface area contributed by atoms with Gasteiger partial charge in [0, 0.05) is 12.4 Å². The number of carboxylic acid groups (broad SMARTS) is 1. The summed E-state index contributed by atoms with van der Waals surface area (Å²) in [6.07, 6.45) is 2.92. The Morgan fingerprint density at radius 2 is 2.17 bits per heavy atom. The predicted octanol–water partition coefficient (Wildman–Crippen LogP) is 1.70. The number of aliphatic carboxylic acids is 1. The molecule has 1 unspecified atom stereocenters. The Hall–Kier alpha value is -1.91. The zero-order valence-corrected chi connectivity index (χ0v) is 10.8. The highest BCUT2D eigenvalue weighted by molar-refractivity contribution is 5.94. The summed E-state index contributed by atoms with van der Waals surface area (Å²) < 4.78 is 0. The van der Waals surface area contributed by atoms with Crippen molar-refractivity contribution in [3.63, 3.8) is 0 Å². The van der Waals surface area contributed by atoms with E-state index in [4.69, 9.17) is 5.11 Å². The van der Waals surface area contributed by atoms with Crippen LogP contribution >= 0.6 is 0 Å². The van der Waals surface area contributed by atoms with Crippen molar-refractivity contribution >= 4 is 11.9 Å². The summed E-state index contributed by atoms with van der Waals surface area (Å²) in [6.45, 7) is 5.50. The van der Waals surface area contributed by atoms with Gasteiger partial charge >= 0.3 is 5.97 Å². The number of rotatable bonds is 5. The van der Waals surface area contributed by atoms with Crippen LogP contribution in [0.15, 0.2) is 24.5 Å². The van der Waals surface area contributed by atoms with Gasteiger partial charge in [0.05, 0.1) is 17.5 Å². The van der Waals surface area contributed by atoms with Crippen LogP contribution in [0.2, 0.25) is 0 Å². The minimum atomic E-state index is -0.933. The molecule has 1 atom stereocenters. The van der Waals surface area contributed by atoms with Crippen molar-refractivity contribution in [2.24, 2.45) is 5.92 Å². The van der Waals surface area contributed by atoms with Gasteiger partial charge in [-0.25, -0.2) is 0 Å². The van der Waals surface area contributed by atoms with Gasteiger partial charge in [0.25, 0.3) is 5.91 Å². The first-order valence-electron chi connectivity index (χ1n) is 5.79. The monoisotopic (exact) mass is 250 g/mol. The average Bonchev–Trinajstić information content (AvgIpc) is 2.28. The molecule has 0 radical (unpaired) electrons. The molecule has 1 amide bonds. The molecule has 2 N–H and O–H groups in total. The number of carbonyl (C=O) groups excluding carboxylic acids is 1. The number of nitrogens with one attached hydrogen (secondary N) is 1. The van der Waals surface area contributed by atoms with Gasteiger partial charge in [-0.15, -0.1) is 0 Å². The van der Waals surface area contributed by atoms with E-state index in [-0.39, 0.29) is 18.2 Å². The second-order valence-corrected chi connectivity index (χ2v) is 4.84. The average molecular weight is 250 g/mol. The second-order valence-electron chi connectivity index (χ2n) is 4.84. The lowest BCUT2D eigenvalue weighted by atomic mass is 9.85. The van der Waals surface area contributed by atoms with Gasteiger partial charge in [0.1, 0.15) is 0 Å². The summed E-state index contributed by atoms with van der Waals surface area (Å²) >= 11 is 0. The highest BCUT2D eigenvalue weighted by Crippen LogP contribution is 2.21. The third-order valence-corrected chi connectivity index (χ3v) is 3.12. The molecule has 0 aliphatic rings. The SMILES string of the molecule is CC(C)C(C)(CC(=O)O)NC(=O)c1cccnc1. The molecule has 18 heavy (non-hydrogen) atoms. The van der Waals surface area contributed by atoms with Gasteiger partial charge in [-0.1, -0.05) is 13.8 Å². The van der Waals surface area contributed by atoms with E-state index < -0.39 is 11.5 Å². The van der Waals surface area contributed by atoms with Gasteiger partial charge < -0.3 is 10.4 Å². The number of amides is 1. The summed E-state index contributed by atoms with van der Waals surface area (Å²) in [7, 11) is 0. The van der Waals surface area contributed by atoms with Crippen LogP contribution < -0.4 is 5.32 Å². The molecule has 1 aromatic rings. The van der Waals surface area contributed by atoms with E-state index in [0.29, 0.717) is 5.56 Å². The number of pyridine rings is 1. The maximum atomic E-state index is 12.0. The largest absolute Gasteiger partial charge is 0.481 e. The minimum Gasteiger partial charge on any atom is -0.481 e. The molecule has 1 aromatic heterocycles. The lowest BCUT2D eigenvalue weighted by molar-refractivity contribution is -0.138. The molecule has 0 saturated heterocycles. The number of carbonyl (C=O) groups is 2. The lowest BCUT2D eigenvalue weighted by Gasteiger charge is -2.33. The van der Waals surface area contributed by atoms with Crippen molar-refractivity contribution in [2.75, 3.05) is 0 Å². The molecular weight excluding hydrogens is 232 g/mol. The predicted molar refractivity (Wildman–Crippen MR) is 67.2 cm³/mol. The third kappa shape index (κ3) is 3.55. The maximum Gasteiger partial charge on any atom is 0.305 e. The molecule has 5 heteroatoms. The Labute approximate surface area is 106 Å². The van der Waals surface area contributed by atoms with Crippen LogP contribution in [0.25, 0.3) is 0 Å². The van der Waals surface area contributed by atoms with Crippen LogP contribution in [-0.4, -0.2) is 27.5 Å². The molecule has 0 spiro atoms. The zero-order chi connectivity index (χ0) is 13.8. The Kier molecular flexibility index (Phi) is 4.42. The van der Waals surface area contributed by atoms with Crippen LogP contribution in [0, 0.1) is 5.92 Å².